The first-order valence-electron chi connectivity index (χ1n) is 5.58. The van der Waals surface area contributed by atoms with Crippen LogP contribution in [0.15, 0.2) is 53.6 Å². The van der Waals surface area contributed by atoms with Crippen molar-refractivity contribution in [2.75, 3.05) is 7.11 Å². The number of nitrogens with zero attached hydrogens (tertiary/aromatic N) is 3. The Hall–Kier alpha value is -2.45. The van der Waals surface area contributed by atoms with Gasteiger partial charge in [-0.3, -0.25) is 0 Å². The average Bonchev–Trinajstić information content (AvgIpc) is 2.45. The summed E-state index contributed by atoms with van der Waals surface area (Å²) in [5, 5.41) is 3.62. The quantitative estimate of drug-likeness (QED) is 0.448. The van der Waals surface area contributed by atoms with Crippen molar-refractivity contribution in [2.45, 2.75) is 6.54 Å². The molecule has 0 N–H and O–H groups in total. The van der Waals surface area contributed by atoms with Crippen molar-refractivity contribution >= 4 is 0 Å². The minimum atomic E-state index is 0.360. The Kier molecular flexibility index (Phi) is 3.84. The van der Waals surface area contributed by atoms with E-state index in [0.29, 0.717) is 6.54 Å². The standard InChI is InChI=1S/C14H13N3O/c1-18-13-8-6-11(7-9-13)14-5-3-2-4-12(14)10-16-17-15/h2-9H,10H2,1H3. The van der Waals surface area contributed by atoms with Crippen LogP contribution in [0.3, 0.4) is 0 Å². The Morgan fingerprint density at radius 1 is 1.11 bits per heavy atom. The van der Waals surface area contributed by atoms with Gasteiger partial charge in [-0.25, -0.2) is 0 Å². The van der Waals surface area contributed by atoms with Crippen molar-refractivity contribution in [3.05, 3.63) is 64.5 Å². The lowest BCUT2D eigenvalue weighted by Crippen LogP contribution is -1.88. The van der Waals surface area contributed by atoms with E-state index in [0.717, 1.165) is 22.4 Å². The van der Waals surface area contributed by atoms with Crippen LogP contribution in [0, 0.1) is 0 Å². The van der Waals surface area contributed by atoms with Crippen LogP contribution in [0.2, 0.25) is 0 Å². The van der Waals surface area contributed by atoms with Gasteiger partial charge in [0, 0.05) is 4.91 Å². The van der Waals surface area contributed by atoms with Gasteiger partial charge in [-0.2, -0.15) is 0 Å². The van der Waals surface area contributed by atoms with Crippen LogP contribution in [0.25, 0.3) is 21.6 Å². The van der Waals surface area contributed by atoms with Crippen LogP contribution in [-0.2, 0) is 6.54 Å². The normalized spacial score (nSPS) is 9.61. The van der Waals surface area contributed by atoms with Gasteiger partial charge in [0.1, 0.15) is 5.75 Å². The Morgan fingerprint density at radius 2 is 1.83 bits per heavy atom. The second-order valence-corrected chi connectivity index (χ2v) is 3.77. The molecule has 0 fully saturated rings. The Bertz CT molecular complexity index is 572. The Balaban J connectivity index is 2.39. The molecule has 90 valence electrons. The molecule has 0 aliphatic heterocycles. The molecule has 0 aromatic heterocycles. The molecule has 2 aromatic carbocycles. The lowest BCUT2D eigenvalue weighted by Gasteiger charge is -2.08. The van der Waals surface area contributed by atoms with E-state index in [1.165, 1.54) is 0 Å². The molecule has 18 heavy (non-hydrogen) atoms. The van der Waals surface area contributed by atoms with E-state index in [-0.39, 0.29) is 0 Å². The highest BCUT2D eigenvalue weighted by Crippen LogP contribution is 2.26. The van der Waals surface area contributed by atoms with Gasteiger partial charge in [0.15, 0.2) is 0 Å². The highest BCUT2D eigenvalue weighted by atomic mass is 16.5. The molecule has 0 aliphatic rings. The molecule has 0 saturated heterocycles. The molecule has 0 saturated carbocycles. The zero-order valence-corrected chi connectivity index (χ0v) is 10.1. The lowest BCUT2D eigenvalue weighted by atomic mass is 10.00. The molecule has 0 spiro atoms. The second-order valence-electron chi connectivity index (χ2n) is 3.77. The molecule has 2 rings (SSSR count). The number of hydrogen-bond acceptors (Lipinski definition) is 2. The molecular formula is C14H13N3O. The van der Waals surface area contributed by atoms with Crippen LogP contribution in [-0.4, -0.2) is 7.11 Å². The zero-order valence-electron chi connectivity index (χ0n) is 10.1. The maximum absolute atomic E-state index is 8.40. The number of azide groups is 1. The maximum Gasteiger partial charge on any atom is 0.118 e. The highest BCUT2D eigenvalue weighted by Gasteiger charge is 2.03. The van der Waals surface area contributed by atoms with Crippen LogP contribution in [0.4, 0.5) is 0 Å². The van der Waals surface area contributed by atoms with Crippen LogP contribution in [0.1, 0.15) is 5.56 Å². The Morgan fingerprint density at radius 3 is 2.50 bits per heavy atom. The summed E-state index contributed by atoms with van der Waals surface area (Å²) in [5.74, 6) is 0.825. The summed E-state index contributed by atoms with van der Waals surface area (Å²) in [6, 6.07) is 15.7. The monoisotopic (exact) mass is 239 g/mol. The molecule has 4 heteroatoms. The summed E-state index contributed by atoms with van der Waals surface area (Å²) in [6.45, 7) is 0.360. The van der Waals surface area contributed by atoms with Crippen LogP contribution < -0.4 is 4.74 Å². The molecule has 0 aliphatic carbocycles. The van der Waals surface area contributed by atoms with Gasteiger partial charge in [-0.15, -0.1) is 0 Å². The van der Waals surface area contributed by atoms with E-state index in [2.05, 4.69) is 10.0 Å². The van der Waals surface area contributed by atoms with Crippen molar-refractivity contribution < 1.29 is 4.74 Å². The third-order valence-corrected chi connectivity index (χ3v) is 2.72. The largest absolute Gasteiger partial charge is 0.497 e. The van der Waals surface area contributed by atoms with Crippen molar-refractivity contribution in [1.82, 2.24) is 0 Å². The molecule has 0 amide bonds. The number of rotatable bonds is 4. The summed E-state index contributed by atoms with van der Waals surface area (Å²) in [7, 11) is 1.64. The molecule has 0 heterocycles. The Labute approximate surface area is 105 Å². The smallest absolute Gasteiger partial charge is 0.118 e. The van der Waals surface area contributed by atoms with Crippen molar-refractivity contribution in [1.29, 1.82) is 0 Å². The first-order valence-corrected chi connectivity index (χ1v) is 5.58. The molecule has 0 unspecified atom stereocenters. The van der Waals surface area contributed by atoms with Crippen LogP contribution in [0.5, 0.6) is 5.75 Å². The van der Waals surface area contributed by atoms with Gasteiger partial charge in [0.2, 0.25) is 0 Å². The number of benzene rings is 2. The average molecular weight is 239 g/mol. The molecular weight excluding hydrogens is 226 g/mol. The lowest BCUT2D eigenvalue weighted by molar-refractivity contribution is 0.415. The topological polar surface area (TPSA) is 58.0 Å². The van der Waals surface area contributed by atoms with Crippen molar-refractivity contribution in [3.63, 3.8) is 0 Å². The van der Waals surface area contributed by atoms with E-state index >= 15 is 0 Å². The summed E-state index contributed by atoms with van der Waals surface area (Å²) in [5.41, 5.74) is 11.6. The predicted molar refractivity (Wildman–Crippen MR) is 71.3 cm³/mol. The van der Waals surface area contributed by atoms with Gasteiger partial charge in [0.25, 0.3) is 0 Å². The van der Waals surface area contributed by atoms with Crippen molar-refractivity contribution in [3.8, 4) is 16.9 Å². The predicted octanol–water partition coefficient (Wildman–Crippen LogP) is 4.17. The van der Waals surface area contributed by atoms with E-state index < -0.39 is 0 Å². The van der Waals surface area contributed by atoms with E-state index in [4.69, 9.17) is 10.3 Å². The van der Waals surface area contributed by atoms with E-state index in [1.54, 1.807) is 7.11 Å². The fourth-order valence-corrected chi connectivity index (χ4v) is 1.82. The minimum Gasteiger partial charge on any atom is -0.497 e. The molecule has 4 nitrogen and oxygen atoms in total. The first-order chi connectivity index (χ1) is 8.85. The van der Waals surface area contributed by atoms with Gasteiger partial charge in [0.05, 0.1) is 13.7 Å². The molecule has 0 radical (unpaired) electrons. The fourth-order valence-electron chi connectivity index (χ4n) is 1.82. The summed E-state index contributed by atoms with van der Waals surface area (Å²) >= 11 is 0. The van der Waals surface area contributed by atoms with Gasteiger partial charge in [-0.1, -0.05) is 41.5 Å². The SMILES string of the molecule is COc1ccc(-c2ccccc2CN=[N+]=[N-])cc1. The number of hydrogen-bond donors (Lipinski definition) is 0. The van der Waals surface area contributed by atoms with Gasteiger partial charge >= 0.3 is 0 Å². The number of methoxy groups -OCH3 is 1. The zero-order chi connectivity index (χ0) is 12.8. The van der Waals surface area contributed by atoms with E-state index in [9.17, 15) is 0 Å². The summed E-state index contributed by atoms with van der Waals surface area (Å²) in [4.78, 5) is 2.80. The molecule has 0 atom stereocenters. The maximum atomic E-state index is 8.40. The third-order valence-electron chi connectivity index (χ3n) is 2.72. The van der Waals surface area contributed by atoms with Gasteiger partial charge < -0.3 is 4.74 Å². The van der Waals surface area contributed by atoms with Crippen molar-refractivity contribution in [2.24, 2.45) is 5.11 Å². The number of ether oxygens (including phenoxy) is 1. The summed E-state index contributed by atoms with van der Waals surface area (Å²) < 4.78 is 5.13. The molecule has 0 bridgehead atoms. The third kappa shape index (κ3) is 2.62. The summed E-state index contributed by atoms with van der Waals surface area (Å²) in [6.07, 6.45) is 0. The van der Waals surface area contributed by atoms with Crippen LogP contribution >= 0.6 is 0 Å². The first kappa shape index (κ1) is 12.0. The van der Waals surface area contributed by atoms with Gasteiger partial charge in [-0.05, 0) is 34.4 Å². The second kappa shape index (κ2) is 5.75. The molecule has 2 aromatic rings. The minimum absolute atomic E-state index is 0.360. The van der Waals surface area contributed by atoms with E-state index in [1.807, 2.05) is 48.5 Å². The fraction of sp³-hybridized carbons (Fsp3) is 0.143. The highest BCUT2D eigenvalue weighted by molar-refractivity contribution is 5.67.